The minimum absolute atomic E-state index is 0.0666. The van der Waals surface area contributed by atoms with Crippen molar-refractivity contribution in [3.63, 3.8) is 0 Å². The second kappa shape index (κ2) is 9.37. The van der Waals surface area contributed by atoms with Crippen molar-refractivity contribution < 1.29 is 19.1 Å². The van der Waals surface area contributed by atoms with Crippen LogP contribution in [0.15, 0.2) is 81.6 Å². The van der Waals surface area contributed by atoms with Gasteiger partial charge in [0.05, 0.1) is 25.5 Å². The summed E-state index contributed by atoms with van der Waals surface area (Å²) in [6.07, 6.45) is 8.21. The van der Waals surface area contributed by atoms with Gasteiger partial charge >= 0.3 is 11.9 Å². The van der Waals surface area contributed by atoms with Crippen molar-refractivity contribution in [2.24, 2.45) is 0 Å². The summed E-state index contributed by atoms with van der Waals surface area (Å²) in [5, 5.41) is 3.87. The van der Waals surface area contributed by atoms with E-state index in [4.69, 9.17) is 9.47 Å². The van der Waals surface area contributed by atoms with Crippen molar-refractivity contribution >= 4 is 50.9 Å². The third-order valence-corrected chi connectivity index (χ3v) is 6.81. The molecule has 0 saturated carbocycles. The number of ether oxygens (including phenoxy) is 2. The summed E-state index contributed by atoms with van der Waals surface area (Å²) in [6.45, 7) is 2.03. The van der Waals surface area contributed by atoms with E-state index in [0.29, 0.717) is 5.69 Å². The van der Waals surface area contributed by atoms with E-state index in [0.717, 1.165) is 25.7 Å². The lowest BCUT2D eigenvalue weighted by Gasteiger charge is -2.25. The lowest BCUT2D eigenvalue weighted by molar-refractivity contribution is -0.139. The number of para-hydroxylation sites is 1. The second-order valence-electron chi connectivity index (χ2n) is 6.66. The van der Waals surface area contributed by atoms with E-state index in [1.165, 1.54) is 32.1 Å². The normalized spacial score (nSPS) is 13.4. The van der Waals surface area contributed by atoms with Crippen LogP contribution >= 0.6 is 23.1 Å². The van der Waals surface area contributed by atoms with Crippen LogP contribution in [0.5, 0.6) is 0 Å². The third kappa shape index (κ3) is 4.04. The average Bonchev–Trinajstić information content (AvgIpc) is 3.06. The van der Waals surface area contributed by atoms with E-state index >= 15 is 0 Å². The Morgan fingerprint density at radius 3 is 2.62 bits per heavy atom. The van der Waals surface area contributed by atoms with Crippen LogP contribution in [0.2, 0.25) is 0 Å². The third-order valence-electron chi connectivity index (χ3n) is 4.74. The maximum atomic E-state index is 12.8. The predicted molar refractivity (Wildman–Crippen MR) is 125 cm³/mol. The molecular weight excluding hydrogens is 446 g/mol. The number of carbonyl (C=O) groups is 2. The van der Waals surface area contributed by atoms with Crippen molar-refractivity contribution in [3.05, 3.63) is 77.2 Å². The molecule has 7 nitrogen and oxygen atoms in total. The van der Waals surface area contributed by atoms with Crippen LogP contribution in [-0.2, 0) is 19.1 Å². The Morgan fingerprint density at radius 1 is 1.06 bits per heavy atom. The molecule has 0 bridgehead atoms. The predicted octanol–water partition coefficient (Wildman–Crippen LogP) is 4.64. The molecule has 0 atom stereocenters. The molecule has 2 aromatic heterocycles. The number of rotatable bonds is 5. The van der Waals surface area contributed by atoms with Crippen LogP contribution in [0.3, 0.4) is 0 Å². The topological polar surface area (TPSA) is 81.6 Å². The summed E-state index contributed by atoms with van der Waals surface area (Å²) < 4.78 is 9.90. The van der Waals surface area contributed by atoms with Crippen molar-refractivity contribution in [2.75, 3.05) is 19.1 Å². The second-order valence-corrected chi connectivity index (χ2v) is 8.55. The number of anilines is 1. The summed E-state index contributed by atoms with van der Waals surface area (Å²) in [5.74, 6) is -1.29. The van der Waals surface area contributed by atoms with Gasteiger partial charge in [0, 0.05) is 16.5 Å². The Bertz CT molecular complexity index is 1290. The van der Waals surface area contributed by atoms with Gasteiger partial charge in [-0.15, -0.1) is 11.3 Å². The quantitative estimate of drug-likeness (QED) is 0.398. The van der Waals surface area contributed by atoms with E-state index in [2.05, 4.69) is 15.3 Å². The average molecular weight is 466 g/mol. The Morgan fingerprint density at radius 2 is 1.84 bits per heavy atom. The molecule has 0 spiro atoms. The number of methoxy groups -OCH3 is 2. The van der Waals surface area contributed by atoms with Crippen LogP contribution < -0.4 is 4.90 Å². The fourth-order valence-electron chi connectivity index (χ4n) is 3.26. The van der Waals surface area contributed by atoms with Crippen molar-refractivity contribution in [3.8, 4) is 0 Å². The van der Waals surface area contributed by atoms with Crippen LogP contribution in [0.25, 0.3) is 10.2 Å². The molecule has 1 aromatic carbocycles. The molecule has 9 heteroatoms. The van der Waals surface area contributed by atoms with Gasteiger partial charge in [-0.05, 0) is 42.2 Å². The summed E-state index contributed by atoms with van der Waals surface area (Å²) in [6, 6.07) is 7.58. The zero-order valence-electron chi connectivity index (χ0n) is 17.6. The van der Waals surface area contributed by atoms with Crippen LogP contribution in [0.1, 0.15) is 5.56 Å². The molecule has 4 rings (SSSR count). The highest BCUT2D eigenvalue weighted by atomic mass is 32.2. The van der Waals surface area contributed by atoms with Gasteiger partial charge in [0.1, 0.15) is 21.9 Å². The number of fused-ring (bicyclic) bond motifs is 1. The van der Waals surface area contributed by atoms with Gasteiger partial charge in [0.2, 0.25) is 0 Å². The maximum absolute atomic E-state index is 12.8. The van der Waals surface area contributed by atoms with E-state index in [1.54, 1.807) is 40.9 Å². The molecule has 3 heterocycles. The van der Waals surface area contributed by atoms with Crippen molar-refractivity contribution in [1.82, 2.24) is 9.97 Å². The number of hydrogen-bond acceptors (Lipinski definition) is 9. The van der Waals surface area contributed by atoms with Gasteiger partial charge in [0.15, 0.2) is 0 Å². The van der Waals surface area contributed by atoms with Gasteiger partial charge in [-0.3, -0.25) is 0 Å². The molecule has 32 heavy (non-hydrogen) atoms. The molecule has 0 aliphatic carbocycles. The molecule has 0 radical (unpaired) electrons. The van der Waals surface area contributed by atoms with Crippen LogP contribution in [0, 0.1) is 6.92 Å². The van der Waals surface area contributed by atoms with Gasteiger partial charge in [-0.1, -0.05) is 30.0 Å². The first-order valence-electron chi connectivity index (χ1n) is 9.55. The maximum Gasteiger partial charge on any atom is 0.355 e. The molecule has 0 fully saturated rings. The van der Waals surface area contributed by atoms with Gasteiger partial charge in [-0.2, -0.15) is 0 Å². The lowest BCUT2D eigenvalue weighted by atomic mass is 10.1. The lowest BCUT2D eigenvalue weighted by Crippen LogP contribution is -2.27. The minimum Gasteiger partial charge on any atom is -0.465 e. The number of nitrogens with zero attached hydrogens (tertiary/aromatic N) is 3. The number of esters is 2. The number of hydrogen-bond donors (Lipinski definition) is 0. The molecule has 0 saturated heterocycles. The smallest absolute Gasteiger partial charge is 0.355 e. The number of carbonyl (C=O) groups excluding carboxylic acids is 2. The first-order valence-corrected chi connectivity index (χ1v) is 11.3. The monoisotopic (exact) mass is 465 g/mol. The Kier molecular flexibility index (Phi) is 6.38. The highest BCUT2D eigenvalue weighted by Crippen LogP contribution is 2.41. The zero-order chi connectivity index (χ0) is 22.7. The largest absolute Gasteiger partial charge is 0.465 e. The van der Waals surface area contributed by atoms with E-state index in [-0.39, 0.29) is 11.3 Å². The first kappa shape index (κ1) is 21.8. The standard InChI is InChI=1S/C23H19N3O4S2/c1-14-12-31-20-18(14)21(25-13-24-20)32-17-10-5-4-9-16(17)26-11-7-6-8-15(22(27)29-2)19(26)23(28)30-3/h4-13H,1-3H3. The summed E-state index contributed by atoms with van der Waals surface area (Å²) in [4.78, 5) is 37.5. The molecule has 162 valence electrons. The minimum atomic E-state index is -0.653. The van der Waals surface area contributed by atoms with E-state index in [9.17, 15) is 9.59 Å². The Balaban J connectivity index is 1.86. The van der Waals surface area contributed by atoms with Gasteiger partial charge < -0.3 is 14.4 Å². The molecule has 0 amide bonds. The Hall–Kier alpha value is -3.43. The number of aromatic nitrogens is 2. The highest BCUT2D eigenvalue weighted by molar-refractivity contribution is 7.99. The molecule has 3 aromatic rings. The number of aryl methyl sites for hydroxylation is 1. The van der Waals surface area contributed by atoms with Crippen LogP contribution in [0.4, 0.5) is 5.69 Å². The molecule has 0 unspecified atom stereocenters. The van der Waals surface area contributed by atoms with E-state index in [1.807, 2.05) is 31.2 Å². The zero-order valence-corrected chi connectivity index (χ0v) is 19.2. The number of thiophene rings is 1. The Labute approximate surface area is 193 Å². The van der Waals surface area contributed by atoms with Crippen molar-refractivity contribution in [2.45, 2.75) is 16.8 Å². The number of allylic oxidation sites excluding steroid dienone is 2. The molecule has 1 aliphatic rings. The molecular formula is C23H19N3O4S2. The molecule has 1 aliphatic heterocycles. The van der Waals surface area contributed by atoms with Gasteiger partial charge in [0.25, 0.3) is 0 Å². The first-order chi connectivity index (χ1) is 15.5. The van der Waals surface area contributed by atoms with Crippen LogP contribution in [-0.4, -0.2) is 36.1 Å². The summed E-state index contributed by atoms with van der Waals surface area (Å²) >= 11 is 3.04. The fraction of sp³-hybridized carbons (Fsp3) is 0.130. The van der Waals surface area contributed by atoms with Crippen molar-refractivity contribution in [1.29, 1.82) is 0 Å². The summed E-state index contributed by atoms with van der Waals surface area (Å²) in [7, 11) is 2.55. The SMILES string of the molecule is COC(=O)C1=C(C(=O)OC)N(c2ccccc2Sc2ncnc3scc(C)c23)C=CC=C1. The fourth-order valence-corrected chi connectivity index (χ4v) is 5.30. The highest BCUT2D eigenvalue weighted by Gasteiger charge is 2.28. The van der Waals surface area contributed by atoms with Gasteiger partial charge in [-0.25, -0.2) is 19.6 Å². The van der Waals surface area contributed by atoms with E-state index < -0.39 is 11.9 Å². The number of benzene rings is 1. The molecule has 0 N–H and O–H groups in total. The summed E-state index contributed by atoms with van der Waals surface area (Å²) in [5.41, 5.74) is 1.96.